The third-order valence-electron chi connectivity index (χ3n) is 0.839. The predicted molar refractivity (Wildman–Crippen MR) is 38.2 cm³/mol. The van der Waals surface area contributed by atoms with E-state index in [1.165, 1.54) is 0 Å². The van der Waals surface area contributed by atoms with Gasteiger partial charge in [-0.3, -0.25) is 4.98 Å². The van der Waals surface area contributed by atoms with Gasteiger partial charge in [0, 0.05) is 11.1 Å². The van der Waals surface area contributed by atoms with Gasteiger partial charge in [0.2, 0.25) is 0 Å². The average Bonchev–Trinajstić information content (AvgIpc) is 2.34. The van der Waals surface area contributed by atoms with Crippen LogP contribution >= 0.6 is 11.3 Å². The number of hydrogen-bond acceptors (Lipinski definition) is 3. The molecule has 1 rings (SSSR count). The molecule has 1 N–H and O–H groups in total. The van der Waals surface area contributed by atoms with E-state index >= 15 is 0 Å². The van der Waals surface area contributed by atoms with Gasteiger partial charge in [0.25, 0.3) is 0 Å². The maximum atomic E-state index is 8.36. The van der Waals surface area contributed by atoms with Gasteiger partial charge in [0.1, 0.15) is 0 Å². The van der Waals surface area contributed by atoms with Crippen LogP contribution in [0.1, 0.15) is 4.88 Å². The Kier molecular flexibility index (Phi) is 2.42. The number of aliphatic hydroxyl groups is 1. The van der Waals surface area contributed by atoms with Crippen molar-refractivity contribution >= 4 is 17.4 Å². The fraction of sp³-hybridized carbons (Fsp3) is 0.167. The first-order chi connectivity index (χ1) is 4.43. The van der Waals surface area contributed by atoms with Crippen molar-refractivity contribution in [2.24, 2.45) is 0 Å². The maximum absolute atomic E-state index is 8.36. The van der Waals surface area contributed by atoms with Crippen LogP contribution in [-0.2, 0) is 0 Å². The van der Waals surface area contributed by atoms with Gasteiger partial charge in [-0.1, -0.05) is 6.08 Å². The molecular formula is C6H7NOS. The molecule has 0 spiro atoms. The summed E-state index contributed by atoms with van der Waals surface area (Å²) >= 11 is 1.55. The molecule has 0 aromatic carbocycles. The Morgan fingerprint density at radius 3 is 3.22 bits per heavy atom. The highest BCUT2D eigenvalue weighted by Gasteiger charge is 1.83. The van der Waals surface area contributed by atoms with E-state index in [1.54, 1.807) is 29.1 Å². The predicted octanol–water partition coefficient (Wildman–Crippen LogP) is 1.15. The Morgan fingerprint density at radius 2 is 2.67 bits per heavy atom. The molecular weight excluding hydrogens is 134 g/mol. The van der Waals surface area contributed by atoms with E-state index in [0.717, 1.165) is 4.88 Å². The van der Waals surface area contributed by atoms with Crippen LogP contribution in [0, 0.1) is 0 Å². The summed E-state index contributed by atoms with van der Waals surface area (Å²) in [4.78, 5) is 4.93. The van der Waals surface area contributed by atoms with E-state index < -0.39 is 0 Å². The lowest BCUT2D eigenvalue weighted by Crippen LogP contribution is -1.68. The monoisotopic (exact) mass is 141 g/mol. The Bertz CT molecular complexity index is 181. The lowest BCUT2D eigenvalue weighted by molar-refractivity contribution is 0.343. The van der Waals surface area contributed by atoms with Crippen LogP contribution in [0.4, 0.5) is 0 Å². The molecule has 2 nitrogen and oxygen atoms in total. The highest BCUT2D eigenvalue weighted by molar-refractivity contribution is 7.10. The highest BCUT2D eigenvalue weighted by atomic mass is 32.1. The summed E-state index contributed by atoms with van der Waals surface area (Å²) in [5.74, 6) is 0. The van der Waals surface area contributed by atoms with E-state index in [4.69, 9.17) is 5.11 Å². The molecule has 0 aliphatic rings. The van der Waals surface area contributed by atoms with Gasteiger partial charge < -0.3 is 5.11 Å². The summed E-state index contributed by atoms with van der Waals surface area (Å²) in [6.07, 6.45) is 5.29. The molecule has 0 unspecified atom stereocenters. The SMILES string of the molecule is OC/C=C/c1cncs1. The summed E-state index contributed by atoms with van der Waals surface area (Å²) in [5, 5.41) is 8.36. The number of aliphatic hydroxyl groups excluding tert-OH is 1. The van der Waals surface area contributed by atoms with Crippen molar-refractivity contribution in [2.75, 3.05) is 6.61 Å². The molecule has 3 heteroatoms. The van der Waals surface area contributed by atoms with Gasteiger partial charge in [0.15, 0.2) is 0 Å². The number of aromatic nitrogens is 1. The minimum Gasteiger partial charge on any atom is -0.392 e. The molecule has 0 saturated carbocycles. The van der Waals surface area contributed by atoms with Crippen molar-refractivity contribution in [1.82, 2.24) is 4.98 Å². The normalized spacial score (nSPS) is 10.8. The van der Waals surface area contributed by atoms with E-state index in [2.05, 4.69) is 4.98 Å². The Morgan fingerprint density at radius 1 is 1.78 bits per heavy atom. The molecule has 0 saturated heterocycles. The summed E-state index contributed by atoms with van der Waals surface area (Å²) in [6.45, 7) is 0.0951. The van der Waals surface area contributed by atoms with Gasteiger partial charge >= 0.3 is 0 Å². The van der Waals surface area contributed by atoms with Crippen molar-refractivity contribution in [3.8, 4) is 0 Å². The van der Waals surface area contributed by atoms with Crippen LogP contribution in [0.2, 0.25) is 0 Å². The van der Waals surface area contributed by atoms with Gasteiger partial charge in [-0.2, -0.15) is 0 Å². The standard InChI is InChI=1S/C6H7NOS/c8-3-1-2-6-4-7-5-9-6/h1-2,4-5,8H,3H2/b2-1+. The van der Waals surface area contributed by atoms with Crippen LogP contribution < -0.4 is 0 Å². The van der Waals surface area contributed by atoms with E-state index in [-0.39, 0.29) is 6.61 Å². The van der Waals surface area contributed by atoms with E-state index in [9.17, 15) is 0 Å². The molecule has 0 aliphatic heterocycles. The van der Waals surface area contributed by atoms with Crippen LogP contribution in [-0.4, -0.2) is 16.7 Å². The number of rotatable bonds is 2. The molecule has 0 atom stereocenters. The Hall–Kier alpha value is -0.670. The summed E-state index contributed by atoms with van der Waals surface area (Å²) in [6, 6.07) is 0. The third-order valence-corrected chi connectivity index (χ3v) is 1.58. The number of hydrogen-bond donors (Lipinski definition) is 1. The zero-order valence-electron chi connectivity index (χ0n) is 4.82. The van der Waals surface area contributed by atoms with Crippen molar-refractivity contribution < 1.29 is 5.11 Å². The second-order valence-electron chi connectivity index (χ2n) is 1.49. The zero-order chi connectivity index (χ0) is 6.53. The second kappa shape index (κ2) is 3.37. The van der Waals surface area contributed by atoms with Crippen LogP contribution in [0.25, 0.3) is 6.08 Å². The fourth-order valence-electron chi connectivity index (χ4n) is 0.477. The van der Waals surface area contributed by atoms with Gasteiger partial charge in [0.05, 0.1) is 12.1 Å². The quantitative estimate of drug-likeness (QED) is 0.670. The molecule has 0 aliphatic carbocycles. The summed E-state index contributed by atoms with van der Waals surface area (Å²) in [7, 11) is 0. The first-order valence-corrected chi connectivity index (χ1v) is 3.47. The van der Waals surface area contributed by atoms with Crippen LogP contribution in [0.5, 0.6) is 0 Å². The van der Waals surface area contributed by atoms with Crippen molar-refractivity contribution in [3.63, 3.8) is 0 Å². The van der Waals surface area contributed by atoms with Gasteiger partial charge in [-0.15, -0.1) is 11.3 Å². The molecule has 1 aromatic rings. The second-order valence-corrected chi connectivity index (χ2v) is 2.41. The lowest BCUT2D eigenvalue weighted by atomic mass is 10.5. The van der Waals surface area contributed by atoms with Gasteiger partial charge in [-0.05, 0) is 6.08 Å². The fourth-order valence-corrected chi connectivity index (χ4v) is 1.02. The number of nitrogens with zero attached hydrogens (tertiary/aromatic N) is 1. The average molecular weight is 141 g/mol. The van der Waals surface area contributed by atoms with Crippen molar-refractivity contribution in [3.05, 3.63) is 22.7 Å². The first kappa shape index (κ1) is 6.45. The highest BCUT2D eigenvalue weighted by Crippen LogP contribution is 2.06. The molecule has 1 aromatic heterocycles. The van der Waals surface area contributed by atoms with E-state index in [1.807, 2.05) is 6.08 Å². The maximum Gasteiger partial charge on any atom is 0.0797 e. The molecule has 0 bridgehead atoms. The first-order valence-electron chi connectivity index (χ1n) is 2.59. The third kappa shape index (κ3) is 1.95. The molecule has 1 heterocycles. The minimum absolute atomic E-state index is 0.0951. The largest absolute Gasteiger partial charge is 0.392 e. The lowest BCUT2D eigenvalue weighted by Gasteiger charge is -1.77. The smallest absolute Gasteiger partial charge is 0.0797 e. The molecule has 48 valence electrons. The Labute approximate surface area is 57.5 Å². The molecule has 0 radical (unpaired) electrons. The topological polar surface area (TPSA) is 33.1 Å². The zero-order valence-corrected chi connectivity index (χ0v) is 5.64. The van der Waals surface area contributed by atoms with Crippen molar-refractivity contribution in [1.29, 1.82) is 0 Å². The van der Waals surface area contributed by atoms with Crippen LogP contribution in [0.3, 0.4) is 0 Å². The van der Waals surface area contributed by atoms with Crippen molar-refractivity contribution in [2.45, 2.75) is 0 Å². The van der Waals surface area contributed by atoms with Crippen LogP contribution in [0.15, 0.2) is 17.8 Å². The van der Waals surface area contributed by atoms with Gasteiger partial charge in [-0.25, -0.2) is 0 Å². The Balaban J connectivity index is 2.57. The molecule has 0 fully saturated rings. The number of thiazole rings is 1. The van der Waals surface area contributed by atoms with E-state index in [0.29, 0.717) is 0 Å². The summed E-state index contributed by atoms with van der Waals surface area (Å²) in [5.41, 5.74) is 1.76. The summed E-state index contributed by atoms with van der Waals surface area (Å²) < 4.78 is 0. The molecule has 0 amide bonds. The minimum atomic E-state index is 0.0951. The molecule has 9 heavy (non-hydrogen) atoms.